The maximum absolute atomic E-state index is 13.8. The van der Waals surface area contributed by atoms with E-state index in [4.69, 9.17) is 0 Å². The van der Waals surface area contributed by atoms with Gasteiger partial charge in [0.2, 0.25) is 5.91 Å². The van der Waals surface area contributed by atoms with Crippen LogP contribution in [0.4, 0.5) is 15.8 Å². The van der Waals surface area contributed by atoms with Gasteiger partial charge in [-0.1, -0.05) is 6.92 Å². The van der Waals surface area contributed by atoms with Gasteiger partial charge in [0.1, 0.15) is 5.82 Å². The first-order valence-electron chi connectivity index (χ1n) is 5.77. The van der Waals surface area contributed by atoms with Crippen LogP contribution in [0.25, 0.3) is 0 Å². The minimum atomic E-state index is -0.664. The Morgan fingerprint density at radius 1 is 1.50 bits per heavy atom. The van der Waals surface area contributed by atoms with Crippen LogP contribution < -0.4 is 4.90 Å². The largest absolute Gasteiger partial charge is 0.309 e. The molecule has 0 aliphatic carbocycles. The van der Waals surface area contributed by atoms with Gasteiger partial charge in [-0.15, -0.1) is 0 Å². The van der Waals surface area contributed by atoms with Crippen molar-refractivity contribution in [3.8, 4) is 0 Å². The molecular formula is C12H13FN2O3. The summed E-state index contributed by atoms with van der Waals surface area (Å²) in [6.45, 7) is 3.81. The molecule has 0 saturated carbocycles. The van der Waals surface area contributed by atoms with Gasteiger partial charge in [-0.25, -0.2) is 4.39 Å². The zero-order valence-electron chi connectivity index (χ0n) is 10.1. The van der Waals surface area contributed by atoms with E-state index >= 15 is 0 Å². The van der Waals surface area contributed by atoms with E-state index < -0.39 is 16.7 Å². The zero-order valence-corrected chi connectivity index (χ0v) is 10.1. The van der Waals surface area contributed by atoms with E-state index in [1.54, 1.807) is 6.92 Å². The quantitative estimate of drug-likeness (QED) is 0.613. The van der Waals surface area contributed by atoms with E-state index in [0.29, 0.717) is 13.0 Å². The van der Waals surface area contributed by atoms with Gasteiger partial charge in [-0.2, -0.15) is 0 Å². The van der Waals surface area contributed by atoms with Gasteiger partial charge in [0, 0.05) is 12.6 Å². The number of anilines is 1. The molecule has 1 aromatic rings. The Morgan fingerprint density at radius 2 is 2.17 bits per heavy atom. The highest BCUT2D eigenvalue weighted by Crippen LogP contribution is 2.44. The summed E-state index contributed by atoms with van der Waals surface area (Å²) in [7, 11) is 0. The molecule has 1 amide bonds. The lowest BCUT2D eigenvalue weighted by Gasteiger charge is -2.16. The average molecular weight is 252 g/mol. The molecule has 0 bridgehead atoms. The van der Waals surface area contributed by atoms with Crippen LogP contribution in [-0.4, -0.2) is 17.4 Å². The summed E-state index contributed by atoms with van der Waals surface area (Å²) in [5.41, 5.74) is 0.0767. The van der Waals surface area contributed by atoms with Crippen LogP contribution in [0.1, 0.15) is 31.7 Å². The van der Waals surface area contributed by atoms with E-state index in [9.17, 15) is 19.3 Å². The van der Waals surface area contributed by atoms with Gasteiger partial charge in [0.15, 0.2) is 0 Å². The number of nitrogens with zero attached hydrogens (tertiary/aromatic N) is 2. The second-order valence-corrected chi connectivity index (χ2v) is 4.30. The third-order valence-electron chi connectivity index (χ3n) is 3.13. The summed E-state index contributed by atoms with van der Waals surface area (Å²) in [4.78, 5) is 23.7. The number of nitro benzene ring substituents is 1. The molecule has 0 aromatic heterocycles. The van der Waals surface area contributed by atoms with Crippen molar-refractivity contribution in [2.75, 3.05) is 11.4 Å². The highest BCUT2D eigenvalue weighted by atomic mass is 19.1. The zero-order chi connectivity index (χ0) is 13.4. The summed E-state index contributed by atoms with van der Waals surface area (Å²) < 4.78 is 13.8. The lowest BCUT2D eigenvalue weighted by Crippen LogP contribution is -2.29. The third-order valence-corrected chi connectivity index (χ3v) is 3.13. The van der Waals surface area contributed by atoms with Crippen molar-refractivity contribution in [2.45, 2.75) is 26.2 Å². The Balaban J connectivity index is 2.67. The van der Waals surface area contributed by atoms with E-state index in [-0.39, 0.29) is 22.8 Å². The van der Waals surface area contributed by atoms with Crippen molar-refractivity contribution in [3.05, 3.63) is 33.6 Å². The molecule has 18 heavy (non-hydrogen) atoms. The molecule has 1 aliphatic heterocycles. The van der Waals surface area contributed by atoms with Crippen molar-refractivity contribution < 1.29 is 14.1 Å². The Morgan fingerprint density at radius 3 is 2.72 bits per heavy atom. The molecule has 2 rings (SSSR count). The fraction of sp³-hybridized carbons (Fsp3) is 0.417. The average Bonchev–Trinajstić information content (AvgIpc) is 2.56. The molecule has 1 atom stereocenters. The molecule has 0 saturated heterocycles. The molecule has 5 nitrogen and oxygen atoms in total. The summed E-state index contributed by atoms with van der Waals surface area (Å²) in [5, 5.41) is 10.9. The Labute approximate surface area is 103 Å². The number of hydrogen-bond donors (Lipinski definition) is 0. The Kier molecular flexibility index (Phi) is 3.02. The number of carbonyl (C=O) groups excluding carboxylic acids is 1. The molecule has 0 radical (unpaired) electrons. The summed E-state index contributed by atoms with van der Waals surface area (Å²) in [6.07, 6.45) is 0.667. The molecule has 1 aromatic carbocycles. The van der Waals surface area contributed by atoms with Gasteiger partial charge < -0.3 is 4.90 Å². The van der Waals surface area contributed by atoms with Crippen molar-refractivity contribution in [1.82, 2.24) is 0 Å². The molecular weight excluding hydrogens is 239 g/mol. The normalized spacial score (nSPS) is 18.1. The van der Waals surface area contributed by atoms with E-state index in [1.165, 1.54) is 4.90 Å². The number of rotatable bonds is 3. The minimum Gasteiger partial charge on any atom is -0.309 e. The first-order chi connectivity index (χ1) is 8.49. The van der Waals surface area contributed by atoms with Crippen LogP contribution in [-0.2, 0) is 4.79 Å². The minimum absolute atomic E-state index is 0.0727. The van der Waals surface area contributed by atoms with E-state index in [0.717, 1.165) is 12.1 Å². The fourth-order valence-electron chi connectivity index (χ4n) is 2.34. The van der Waals surface area contributed by atoms with Gasteiger partial charge >= 0.3 is 0 Å². The SMILES string of the molecule is CCCN1C(=O)C(C)c2c([N+](=O)[O-])ccc(F)c21. The number of nitro groups is 1. The molecule has 1 heterocycles. The number of amides is 1. The standard InChI is InChI=1S/C12H13FN2O3/c1-3-6-14-11-8(13)4-5-9(15(17)18)10(11)7(2)12(14)16/h4-5,7H,3,6H2,1-2H3. The molecule has 0 fully saturated rings. The topological polar surface area (TPSA) is 63.5 Å². The lowest BCUT2D eigenvalue weighted by atomic mass is 10.0. The van der Waals surface area contributed by atoms with Crippen LogP contribution >= 0.6 is 0 Å². The maximum atomic E-state index is 13.8. The van der Waals surface area contributed by atoms with E-state index in [1.807, 2.05) is 6.92 Å². The predicted molar refractivity (Wildman–Crippen MR) is 64.1 cm³/mol. The summed E-state index contributed by atoms with van der Waals surface area (Å²) in [6, 6.07) is 2.17. The van der Waals surface area contributed by atoms with Crippen LogP contribution in [0.15, 0.2) is 12.1 Å². The van der Waals surface area contributed by atoms with Gasteiger partial charge in [0.05, 0.1) is 22.1 Å². The van der Waals surface area contributed by atoms with Crippen LogP contribution in [0.5, 0.6) is 0 Å². The second-order valence-electron chi connectivity index (χ2n) is 4.30. The summed E-state index contributed by atoms with van der Waals surface area (Å²) >= 11 is 0. The highest BCUT2D eigenvalue weighted by molar-refractivity contribution is 6.06. The maximum Gasteiger partial charge on any atom is 0.275 e. The molecule has 6 heteroatoms. The first-order valence-corrected chi connectivity index (χ1v) is 5.77. The molecule has 1 aliphatic rings. The van der Waals surface area contributed by atoms with Crippen LogP contribution in [0.3, 0.4) is 0 Å². The monoisotopic (exact) mass is 252 g/mol. The number of fused-ring (bicyclic) bond motifs is 1. The second kappa shape index (κ2) is 4.36. The van der Waals surface area contributed by atoms with Crippen molar-refractivity contribution in [2.24, 2.45) is 0 Å². The van der Waals surface area contributed by atoms with Crippen LogP contribution in [0, 0.1) is 15.9 Å². The molecule has 1 unspecified atom stereocenters. The van der Waals surface area contributed by atoms with Gasteiger partial charge in [-0.3, -0.25) is 14.9 Å². The number of carbonyl (C=O) groups is 1. The van der Waals surface area contributed by atoms with Gasteiger partial charge in [-0.05, 0) is 19.4 Å². The smallest absolute Gasteiger partial charge is 0.275 e. The fourth-order valence-corrected chi connectivity index (χ4v) is 2.34. The predicted octanol–water partition coefficient (Wildman–Crippen LogP) is 2.59. The number of hydrogen-bond acceptors (Lipinski definition) is 3. The number of halogens is 1. The van der Waals surface area contributed by atoms with E-state index in [2.05, 4.69) is 0 Å². The van der Waals surface area contributed by atoms with Crippen LogP contribution in [0.2, 0.25) is 0 Å². The van der Waals surface area contributed by atoms with Gasteiger partial charge in [0.25, 0.3) is 5.69 Å². The Bertz CT molecular complexity index is 530. The molecule has 0 spiro atoms. The number of benzene rings is 1. The van der Waals surface area contributed by atoms with Crippen molar-refractivity contribution in [3.63, 3.8) is 0 Å². The van der Waals surface area contributed by atoms with Crippen molar-refractivity contribution in [1.29, 1.82) is 0 Å². The van der Waals surface area contributed by atoms with Crippen molar-refractivity contribution >= 4 is 17.3 Å². The lowest BCUT2D eigenvalue weighted by molar-refractivity contribution is -0.385. The first kappa shape index (κ1) is 12.5. The molecule has 96 valence electrons. The Hall–Kier alpha value is -1.98. The highest BCUT2D eigenvalue weighted by Gasteiger charge is 2.41. The summed E-state index contributed by atoms with van der Waals surface area (Å²) in [5.74, 6) is -1.52. The molecule has 0 N–H and O–H groups in total. The third kappa shape index (κ3) is 1.64.